The van der Waals surface area contributed by atoms with Crippen molar-refractivity contribution in [1.29, 1.82) is 5.26 Å². The van der Waals surface area contributed by atoms with Crippen molar-refractivity contribution in [3.05, 3.63) is 34.0 Å². The van der Waals surface area contributed by atoms with E-state index in [9.17, 15) is 5.26 Å². The van der Waals surface area contributed by atoms with Crippen molar-refractivity contribution < 1.29 is 4.74 Å². The summed E-state index contributed by atoms with van der Waals surface area (Å²) in [5, 5.41) is 10.7. The van der Waals surface area contributed by atoms with Gasteiger partial charge in [-0.1, -0.05) is 25.4 Å². The maximum atomic E-state index is 9.82. The number of halogens is 3. The van der Waals surface area contributed by atoms with Gasteiger partial charge in [0.2, 0.25) is 5.06 Å². The quantitative estimate of drug-likeness (QED) is 0.244. The van der Waals surface area contributed by atoms with Gasteiger partial charge in [-0.25, -0.2) is 4.99 Å². The Kier molecular flexibility index (Phi) is 6.60. The molecule has 0 N–H and O–H groups in total. The highest BCUT2D eigenvalue weighted by atomic mass is 35.5. The Morgan fingerprint density at radius 1 is 1.40 bits per heavy atom. The second-order valence-corrected chi connectivity index (χ2v) is 9.99. The minimum atomic E-state index is -0.941. The molecule has 2 atom stereocenters. The smallest absolute Gasteiger partial charge is 0.218 e. The molecule has 30 heavy (non-hydrogen) atoms. The third-order valence-corrected chi connectivity index (χ3v) is 8.25. The van der Waals surface area contributed by atoms with Gasteiger partial charge in [0.25, 0.3) is 0 Å². The van der Waals surface area contributed by atoms with Crippen LogP contribution in [0.3, 0.4) is 0 Å². The van der Waals surface area contributed by atoms with Crippen LogP contribution in [-0.2, 0) is 5.41 Å². The van der Waals surface area contributed by atoms with Crippen LogP contribution in [0.4, 0.5) is 5.69 Å². The maximum Gasteiger partial charge on any atom is 0.218 e. The average Bonchev–Trinajstić information content (AvgIpc) is 2.99. The lowest BCUT2D eigenvalue weighted by Gasteiger charge is -2.14. The molecule has 1 aliphatic carbocycles. The number of aliphatic imine (C=N–C) groups is 1. The Labute approximate surface area is 196 Å². The number of nitriles is 1. The van der Waals surface area contributed by atoms with Crippen molar-refractivity contribution >= 4 is 58.4 Å². The Balaban J connectivity index is 1.93. The highest BCUT2D eigenvalue weighted by Crippen LogP contribution is 2.71. The molecule has 1 aliphatic rings. The number of rotatable bonds is 7. The van der Waals surface area contributed by atoms with Crippen molar-refractivity contribution in [2.24, 2.45) is 10.9 Å². The molecule has 5 nitrogen and oxygen atoms in total. The van der Waals surface area contributed by atoms with E-state index < -0.39 is 9.75 Å². The monoisotopic (exact) mass is 484 g/mol. The van der Waals surface area contributed by atoms with Gasteiger partial charge in [0.05, 0.1) is 28.2 Å². The van der Waals surface area contributed by atoms with Gasteiger partial charge >= 0.3 is 0 Å². The molecule has 0 amide bonds. The molecular weight excluding hydrogens is 463 g/mol. The summed E-state index contributed by atoms with van der Waals surface area (Å²) in [5.74, 6) is 0.543. The van der Waals surface area contributed by atoms with Gasteiger partial charge < -0.3 is 9.64 Å². The van der Waals surface area contributed by atoms with Crippen LogP contribution in [0.15, 0.2) is 17.1 Å². The Hall–Kier alpha value is -1.52. The zero-order valence-electron chi connectivity index (χ0n) is 17.5. The molecule has 0 saturated heterocycles. The number of aryl methyl sites for hydroxylation is 1. The summed E-state index contributed by atoms with van der Waals surface area (Å²) in [5.41, 5.74) is 1.93. The Morgan fingerprint density at radius 2 is 2.07 bits per heavy atom. The topological polar surface area (TPSA) is 61.5 Å². The zero-order chi connectivity index (χ0) is 22.3. The van der Waals surface area contributed by atoms with Gasteiger partial charge in [-0.05, 0) is 31.9 Å². The summed E-state index contributed by atoms with van der Waals surface area (Å²) < 4.78 is 9.65. The van der Waals surface area contributed by atoms with E-state index >= 15 is 0 Å². The minimum absolute atomic E-state index is 0.00467. The van der Waals surface area contributed by atoms with Crippen molar-refractivity contribution in [2.45, 2.75) is 43.9 Å². The fourth-order valence-electron chi connectivity index (χ4n) is 3.66. The average molecular weight is 486 g/mol. The molecule has 2 aromatic rings. The molecule has 1 heterocycles. The lowest BCUT2D eigenvalue weighted by molar-refractivity contribution is 0.489. The van der Waals surface area contributed by atoms with Gasteiger partial charge in [-0.3, -0.25) is 0 Å². The van der Waals surface area contributed by atoms with Crippen molar-refractivity contribution in [3.8, 4) is 16.9 Å². The molecule has 0 radical (unpaired) electrons. The molecule has 1 fully saturated rings. The van der Waals surface area contributed by atoms with E-state index in [4.69, 9.17) is 39.5 Å². The first-order valence-corrected chi connectivity index (χ1v) is 11.5. The molecule has 1 aromatic carbocycles. The van der Waals surface area contributed by atoms with E-state index in [1.165, 1.54) is 0 Å². The van der Waals surface area contributed by atoms with Crippen LogP contribution >= 0.6 is 46.3 Å². The number of aromatic nitrogens is 1. The molecule has 0 aliphatic heterocycles. The molecule has 160 valence electrons. The molecule has 0 bridgehead atoms. The fourth-order valence-corrected chi connectivity index (χ4v) is 5.69. The van der Waals surface area contributed by atoms with Crippen LogP contribution in [0, 0.1) is 24.2 Å². The minimum Gasteiger partial charge on any atom is -0.443 e. The first-order chi connectivity index (χ1) is 14.1. The molecule has 9 heteroatoms. The Morgan fingerprint density at radius 3 is 2.60 bits per heavy atom. The van der Waals surface area contributed by atoms with Crippen molar-refractivity contribution in [1.82, 2.24) is 9.27 Å². The summed E-state index contributed by atoms with van der Waals surface area (Å²) in [7, 11) is 1.94. The van der Waals surface area contributed by atoms with Crippen LogP contribution in [0.25, 0.3) is 0 Å². The van der Waals surface area contributed by atoms with Gasteiger partial charge in [-0.15, -0.1) is 23.2 Å². The number of hydrogen-bond donors (Lipinski definition) is 0. The summed E-state index contributed by atoms with van der Waals surface area (Å²) >= 11 is 20.6. The first-order valence-electron chi connectivity index (χ1n) is 9.64. The largest absolute Gasteiger partial charge is 0.443 e. The third-order valence-electron chi connectivity index (χ3n) is 5.89. The van der Waals surface area contributed by atoms with E-state index in [2.05, 4.69) is 15.4 Å². The molecule has 0 spiro atoms. The zero-order valence-corrected chi connectivity index (χ0v) is 20.5. The molecule has 1 saturated carbocycles. The Bertz CT molecular complexity index is 1030. The number of benzene rings is 1. The number of ether oxygens (including phenoxy) is 1. The van der Waals surface area contributed by atoms with E-state index in [1.807, 2.05) is 45.7 Å². The van der Waals surface area contributed by atoms with E-state index in [1.54, 1.807) is 12.4 Å². The van der Waals surface area contributed by atoms with Crippen molar-refractivity contribution in [2.75, 3.05) is 13.6 Å². The number of hydrogen-bond acceptors (Lipinski definition) is 5. The number of nitrogens with zero attached hydrogens (tertiary/aromatic N) is 4. The maximum absolute atomic E-state index is 9.82. The lowest BCUT2D eigenvalue weighted by atomic mass is 9.93. The van der Waals surface area contributed by atoms with E-state index in [0.29, 0.717) is 39.2 Å². The van der Waals surface area contributed by atoms with Crippen molar-refractivity contribution in [3.63, 3.8) is 0 Å². The molecular formula is C21H23Cl3N4OS. The predicted molar refractivity (Wildman–Crippen MR) is 125 cm³/mol. The summed E-state index contributed by atoms with van der Waals surface area (Å²) in [6, 6.07) is 5.79. The normalized spacial score (nSPS) is 22.2. The summed E-state index contributed by atoms with van der Waals surface area (Å²) in [6.07, 6.45) is 2.42. The highest BCUT2D eigenvalue weighted by Gasteiger charge is 2.75. The van der Waals surface area contributed by atoms with Gasteiger partial charge in [0.15, 0.2) is 0 Å². The summed E-state index contributed by atoms with van der Waals surface area (Å²) in [4.78, 5) is 6.37. The van der Waals surface area contributed by atoms with Gasteiger partial charge in [0.1, 0.15) is 21.7 Å². The molecule has 2 unspecified atom stereocenters. The van der Waals surface area contributed by atoms with Crippen LogP contribution in [-0.4, -0.2) is 33.5 Å². The second-order valence-electron chi connectivity index (χ2n) is 7.46. The standard InChI is InChI=1S/C21H23Cl3N4OS/c1-6-20(13(4)21(20,23)24)18-14(10-25)19(30-27-18)29-17-9-15(22)16(8-12(17)3)26-11-28(5)7-2/h8-9,11,13H,6-7H2,1-5H3. The molecule has 1 aromatic heterocycles. The lowest BCUT2D eigenvalue weighted by Crippen LogP contribution is -2.16. The fraction of sp³-hybridized carbons (Fsp3) is 0.476. The van der Waals surface area contributed by atoms with E-state index in [0.717, 1.165) is 23.6 Å². The van der Waals surface area contributed by atoms with Crippen LogP contribution in [0.2, 0.25) is 5.02 Å². The van der Waals surface area contributed by atoms with E-state index in [-0.39, 0.29) is 5.92 Å². The molecule has 3 rings (SSSR count). The first kappa shape index (κ1) is 23.1. The van der Waals surface area contributed by atoms with Crippen LogP contribution in [0.5, 0.6) is 10.8 Å². The van der Waals surface area contributed by atoms with Crippen LogP contribution in [0.1, 0.15) is 44.0 Å². The number of alkyl halides is 2. The second kappa shape index (κ2) is 8.55. The summed E-state index contributed by atoms with van der Waals surface area (Å²) in [6.45, 7) is 8.76. The highest BCUT2D eigenvalue weighted by molar-refractivity contribution is 7.08. The SMILES string of the molecule is CCN(C)C=Nc1cc(C)c(Oc2snc(C3(CC)C(C)C3(Cl)Cl)c2C#N)cc1Cl. The predicted octanol–water partition coefficient (Wildman–Crippen LogP) is 6.85. The third kappa shape index (κ3) is 3.67. The van der Waals surface area contributed by atoms with Crippen LogP contribution < -0.4 is 4.74 Å². The van der Waals surface area contributed by atoms with Gasteiger partial charge in [-0.2, -0.15) is 9.64 Å². The van der Waals surface area contributed by atoms with Gasteiger partial charge in [0, 0.05) is 37.1 Å².